The predicted molar refractivity (Wildman–Crippen MR) is 146 cm³/mol. The lowest BCUT2D eigenvalue weighted by Gasteiger charge is -2.34. The van der Waals surface area contributed by atoms with Gasteiger partial charge in [-0.1, -0.05) is 25.0 Å². The van der Waals surface area contributed by atoms with Crippen LogP contribution in [0.4, 0.5) is 5.82 Å². The van der Waals surface area contributed by atoms with Crippen molar-refractivity contribution in [2.24, 2.45) is 5.92 Å². The molecule has 3 aliphatic rings. The van der Waals surface area contributed by atoms with Crippen LogP contribution in [0.15, 0.2) is 24.3 Å². The molecule has 200 valence electrons. The first-order valence-electron chi connectivity index (χ1n) is 14.3. The summed E-state index contributed by atoms with van der Waals surface area (Å²) in [6.45, 7) is 6.22. The van der Waals surface area contributed by atoms with Crippen molar-refractivity contribution < 1.29 is 14.7 Å². The van der Waals surface area contributed by atoms with Gasteiger partial charge in [0.25, 0.3) is 0 Å². The highest BCUT2D eigenvalue weighted by atomic mass is 16.3. The Hall–Kier alpha value is -2.67. The second-order valence-electron chi connectivity index (χ2n) is 11.4. The quantitative estimate of drug-likeness (QED) is 0.545. The average Bonchev–Trinajstić information content (AvgIpc) is 3.54. The van der Waals surface area contributed by atoms with Gasteiger partial charge in [0.05, 0.1) is 11.6 Å². The van der Waals surface area contributed by atoms with Gasteiger partial charge in [-0.2, -0.15) is 0 Å². The molecule has 2 aromatic rings. The number of hydrogen-bond donors (Lipinski definition) is 1. The number of hydrogen-bond acceptors (Lipinski definition) is 5. The highest BCUT2D eigenvalue weighted by Crippen LogP contribution is 2.31. The molecule has 1 N–H and O–H groups in total. The van der Waals surface area contributed by atoms with Gasteiger partial charge >= 0.3 is 0 Å². The minimum atomic E-state index is -0.352. The summed E-state index contributed by atoms with van der Waals surface area (Å²) in [5.74, 6) is 1.84. The minimum absolute atomic E-state index is 0.216. The molecule has 0 unspecified atom stereocenters. The second kappa shape index (κ2) is 11.8. The molecule has 1 saturated carbocycles. The Morgan fingerprint density at radius 2 is 1.95 bits per heavy atom. The van der Waals surface area contributed by atoms with Crippen LogP contribution in [0.5, 0.6) is 0 Å². The van der Waals surface area contributed by atoms with Crippen molar-refractivity contribution >= 4 is 28.5 Å². The SMILES string of the molecule is Cc1ccc2cc(CN(CCCN3CCCC3=O)C(=O)CC3CCCC3)c(N3CCC[C@@H](O)C3)nc2c1. The number of benzene rings is 1. The van der Waals surface area contributed by atoms with E-state index in [1.807, 2.05) is 9.80 Å². The molecular weight excluding hydrogens is 464 g/mol. The van der Waals surface area contributed by atoms with Gasteiger partial charge in [0.15, 0.2) is 0 Å². The fraction of sp³-hybridized carbons (Fsp3) is 0.633. The van der Waals surface area contributed by atoms with E-state index in [-0.39, 0.29) is 17.9 Å². The first-order valence-corrected chi connectivity index (χ1v) is 14.3. The molecule has 1 aromatic carbocycles. The van der Waals surface area contributed by atoms with Crippen molar-refractivity contribution in [2.75, 3.05) is 37.6 Å². The molecule has 0 radical (unpaired) electrons. The number of aliphatic hydroxyl groups is 1. The molecule has 3 heterocycles. The van der Waals surface area contributed by atoms with Crippen LogP contribution in [0, 0.1) is 12.8 Å². The standard InChI is InChI=1S/C30H42N4O3/c1-22-11-12-24-19-25(30(31-27(24)17-22)34-14-4-9-26(35)21-34)20-33(29(37)18-23-7-2-3-8-23)16-6-15-32-13-5-10-28(32)36/h11-12,17,19,23,26,35H,2-10,13-16,18,20-21H2,1H3/t26-/m1/s1. The molecular formula is C30H42N4O3. The van der Waals surface area contributed by atoms with E-state index < -0.39 is 0 Å². The van der Waals surface area contributed by atoms with E-state index in [0.29, 0.717) is 44.9 Å². The van der Waals surface area contributed by atoms with Gasteiger partial charge in [-0.25, -0.2) is 4.98 Å². The Labute approximate surface area is 220 Å². The number of likely N-dealkylation sites (tertiary alicyclic amines) is 1. The van der Waals surface area contributed by atoms with E-state index in [0.717, 1.165) is 73.9 Å². The van der Waals surface area contributed by atoms with Crippen molar-refractivity contribution in [1.29, 1.82) is 0 Å². The summed E-state index contributed by atoms with van der Waals surface area (Å²) in [7, 11) is 0. The van der Waals surface area contributed by atoms with Crippen molar-refractivity contribution in [2.45, 2.75) is 83.8 Å². The number of β-amino-alcohol motifs (C(OH)–C–C–N with tert-alkyl or cyclic N) is 1. The summed E-state index contributed by atoms with van der Waals surface area (Å²) in [4.78, 5) is 37.0. The monoisotopic (exact) mass is 506 g/mol. The lowest BCUT2D eigenvalue weighted by molar-refractivity contribution is -0.133. The third kappa shape index (κ3) is 6.43. The topological polar surface area (TPSA) is 77.0 Å². The first-order chi connectivity index (χ1) is 18.0. The number of carbonyl (C=O) groups excluding carboxylic acids is 2. The Kier molecular flexibility index (Phi) is 8.28. The normalized spacial score (nSPS) is 20.8. The molecule has 2 saturated heterocycles. The number of fused-ring (bicyclic) bond motifs is 1. The molecule has 0 bridgehead atoms. The van der Waals surface area contributed by atoms with Crippen LogP contribution in [-0.2, 0) is 16.1 Å². The second-order valence-corrected chi connectivity index (χ2v) is 11.4. The van der Waals surface area contributed by atoms with Crippen molar-refractivity contribution in [3.63, 3.8) is 0 Å². The summed E-state index contributed by atoms with van der Waals surface area (Å²) >= 11 is 0. The summed E-state index contributed by atoms with van der Waals surface area (Å²) < 4.78 is 0. The summed E-state index contributed by atoms with van der Waals surface area (Å²) in [6, 6.07) is 8.52. The molecule has 1 atom stereocenters. The van der Waals surface area contributed by atoms with Crippen molar-refractivity contribution in [3.05, 3.63) is 35.4 Å². The average molecular weight is 507 g/mol. The number of nitrogens with zero attached hydrogens (tertiary/aromatic N) is 4. The molecule has 0 spiro atoms. The molecule has 2 aliphatic heterocycles. The van der Waals surface area contributed by atoms with Crippen molar-refractivity contribution in [1.82, 2.24) is 14.8 Å². The number of anilines is 1. The number of aliphatic hydroxyl groups excluding tert-OH is 1. The molecule has 3 fully saturated rings. The zero-order valence-electron chi connectivity index (χ0n) is 22.3. The van der Waals surface area contributed by atoms with Crippen LogP contribution in [-0.4, -0.2) is 70.5 Å². The number of rotatable bonds is 9. The smallest absolute Gasteiger partial charge is 0.223 e. The van der Waals surface area contributed by atoms with E-state index in [1.165, 1.54) is 18.4 Å². The molecule has 37 heavy (non-hydrogen) atoms. The maximum atomic E-state index is 13.6. The zero-order valence-corrected chi connectivity index (χ0v) is 22.3. The summed E-state index contributed by atoms with van der Waals surface area (Å²) in [5, 5.41) is 11.5. The minimum Gasteiger partial charge on any atom is -0.391 e. The summed E-state index contributed by atoms with van der Waals surface area (Å²) in [5.41, 5.74) is 3.17. The molecule has 7 heteroatoms. The zero-order chi connectivity index (χ0) is 25.8. The van der Waals surface area contributed by atoms with E-state index >= 15 is 0 Å². The van der Waals surface area contributed by atoms with Crippen LogP contribution < -0.4 is 4.90 Å². The van der Waals surface area contributed by atoms with Crippen LogP contribution >= 0.6 is 0 Å². The van der Waals surface area contributed by atoms with E-state index in [2.05, 4.69) is 36.1 Å². The van der Waals surface area contributed by atoms with E-state index in [9.17, 15) is 14.7 Å². The lowest BCUT2D eigenvalue weighted by atomic mass is 10.0. The number of amides is 2. The van der Waals surface area contributed by atoms with Gasteiger partial charge in [0, 0.05) is 63.1 Å². The van der Waals surface area contributed by atoms with Gasteiger partial charge in [-0.15, -0.1) is 0 Å². The molecule has 1 aromatic heterocycles. The van der Waals surface area contributed by atoms with Crippen LogP contribution in [0.3, 0.4) is 0 Å². The van der Waals surface area contributed by atoms with Gasteiger partial charge in [-0.05, 0) is 69.1 Å². The Balaban J connectivity index is 1.40. The fourth-order valence-corrected chi connectivity index (χ4v) is 6.33. The Bertz CT molecular complexity index is 1110. The molecule has 7 nitrogen and oxygen atoms in total. The number of aryl methyl sites for hydroxylation is 1. The third-order valence-electron chi connectivity index (χ3n) is 8.40. The fourth-order valence-electron chi connectivity index (χ4n) is 6.33. The predicted octanol–water partition coefficient (Wildman–Crippen LogP) is 4.43. The van der Waals surface area contributed by atoms with Gasteiger partial charge < -0.3 is 19.8 Å². The van der Waals surface area contributed by atoms with Crippen LogP contribution in [0.2, 0.25) is 0 Å². The van der Waals surface area contributed by atoms with Crippen LogP contribution in [0.1, 0.15) is 75.3 Å². The number of piperidine rings is 1. The largest absolute Gasteiger partial charge is 0.391 e. The number of aromatic nitrogens is 1. The maximum Gasteiger partial charge on any atom is 0.223 e. The first kappa shape index (κ1) is 26.0. The molecule has 2 amide bonds. The highest BCUT2D eigenvalue weighted by molar-refractivity contribution is 5.83. The van der Waals surface area contributed by atoms with Gasteiger partial charge in [0.1, 0.15) is 5.82 Å². The maximum absolute atomic E-state index is 13.6. The lowest BCUT2D eigenvalue weighted by Crippen LogP contribution is -2.40. The Morgan fingerprint density at radius 1 is 1.11 bits per heavy atom. The molecule has 1 aliphatic carbocycles. The van der Waals surface area contributed by atoms with Crippen molar-refractivity contribution in [3.8, 4) is 0 Å². The molecule has 5 rings (SSSR count). The third-order valence-corrected chi connectivity index (χ3v) is 8.40. The summed E-state index contributed by atoms with van der Waals surface area (Å²) in [6.07, 6.45) is 9.14. The number of pyridine rings is 1. The van der Waals surface area contributed by atoms with E-state index in [1.54, 1.807) is 0 Å². The van der Waals surface area contributed by atoms with Crippen LogP contribution in [0.25, 0.3) is 10.9 Å². The van der Waals surface area contributed by atoms with Gasteiger partial charge in [-0.3, -0.25) is 9.59 Å². The number of carbonyl (C=O) groups is 2. The van der Waals surface area contributed by atoms with Gasteiger partial charge in [0.2, 0.25) is 11.8 Å². The Morgan fingerprint density at radius 3 is 2.70 bits per heavy atom. The van der Waals surface area contributed by atoms with E-state index in [4.69, 9.17) is 4.98 Å². The highest BCUT2D eigenvalue weighted by Gasteiger charge is 2.27.